The lowest BCUT2D eigenvalue weighted by atomic mass is 10.3. The molecule has 0 unspecified atom stereocenters. The number of aryl methyl sites for hydroxylation is 1. The smallest absolute Gasteiger partial charge is 0.274 e. The molecule has 0 N–H and O–H groups in total. The van der Waals surface area contributed by atoms with Crippen molar-refractivity contribution in [3.63, 3.8) is 0 Å². The summed E-state index contributed by atoms with van der Waals surface area (Å²) in [6, 6.07) is 11.2. The van der Waals surface area contributed by atoms with Gasteiger partial charge in [-0.05, 0) is 34.1 Å². The van der Waals surface area contributed by atoms with Crippen molar-refractivity contribution in [1.29, 1.82) is 0 Å². The van der Waals surface area contributed by atoms with Crippen molar-refractivity contribution < 1.29 is 9.53 Å². The predicted molar refractivity (Wildman–Crippen MR) is 96.0 cm³/mol. The van der Waals surface area contributed by atoms with Crippen molar-refractivity contribution in [2.75, 3.05) is 7.05 Å². The Balaban J connectivity index is 1.62. The molecule has 2 aromatic heterocycles. The van der Waals surface area contributed by atoms with Crippen LogP contribution in [0, 0.1) is 0 Å². The number of aromatic nitrogens is 4. The molecule has 0 bridgehead atoms. The third-order valence-corrected chi connectivity index (χ3v) is 4.37. The summed E-state index contributed by atoms with van der Waals surface area (Å²) in [5.41, 5.74) is 1.29. The Morgan fingerprint density at radius 3 is 2.72 bits per heavy atom. The monoisotopic (exact) mass is 403 g/mol. The fourth-order valence-electron chi connectivity index (χ4n) is 2.31. The van der Waals surface area contributed by atoms with Crippen LogP contribution in [0.3, 0.4) is 0 Å². The molecule has 1 amide bonds. The highest BCUT2D eigenvalue weighted by atomic mass is 79.9. The van der Waals surface area contributed by atoms with Crippen molar-refractivity contribution >= 4 is 21.8 Å². The number of carbonyl (C=O) groups is 1. The van der Waals surface area contributed by atoms with Gasteiger partial charge in [0.15, 0.2) is 12.4 Å². The van der Waals surface area contributed by atoms with Crippen LogP contribution in [0.5, 0.6) is 5.75 Å². The Morgan fingerprint density at radius 1 is 1.28 bits per heavy atom. The first kappa shape index (κ1) is 17.2. The van der Waals surface area contributed by atoms with Gasteiger partial charge in [-0.3, -0.25) is 9.48 Å². The number of ether oxygens (including phenoxy) is 1. The third kappa shape index (κ3) is 4.08. The standard InChI is InChI=1S/C17H18BrN5O2/c1-21(11-16-14(18)10-19-22(16)2)17(24)15-8-9-23(20-15)12-25-13-6-4-3-5-7-13/h3-10H,11-12H2,1-2H3. The van der Waals surface area contributed by atoms with E-state index in [0.717, 1.165) is 15.9 Å². The van der Waals surface area contributed by atoms with Crippen LogP contribution in [0.15, 0.2) is 53.3 Å². The van der Waals surface area contributed by atoms with E-state index in [-0.39, 0.29) is 12.6 Å². The van der Waals surface area contributed by atoms with Crippen LogP contribution in [0.25, 0.3) is 0 Å². The first-order chi connectivity index (χ1) is 12.0. The molecule has 8 heteroatoms. The van der Waals surface area contributed by atoms with Crippen molar-refractivity contribution in [2.24, 2.45) is 7.05 Å². The van der Waals surface area contributed by atoms with Crippen LogP contribution >= 0.6 is 15.9 Å². The average molecular weight is 404 g/mol. The van der Waals surface area contributed by atoms with Crippen LogP contribution in [0.4, 0.5) is 0 Å². The number of hydrogen-bond donors (Lipinski definition) is 0. The van der Waals surface area contributed by atoms with E-state index >= 15 is 0 Å². The van der Waals surface area contributed by atoms with E-state index in [1.165, 1.54) is 0 Å². The zero-order valence-corrected chi connectivity index (χ0v) is 15.5. The summed E-state index contributed by atoms with van der Waals surface area (Å²) in [6.07, 6.45) is 3.44. The molecule has 0 saturated carbocycles. The second kappa shape index (κ2) is 7.52. The summed E-state index contributed by atoms with van der Waals surface area (Å²) < 4.78 is 9.82. The molecule has 0 aliphatic rings. The average Bonchev–Trinajstić information content (AvgIpc) is 3.22. The highest BCUT2D eigenvalue weighted by Gasteiger charge is 2.18. The molecule has 0 aliphatic carbocycles. The van der Waals surface area contributed by atoms with Gasteiger partial charge >= 0.3 is 0 Å². The zero-order chi connectivity index (χ0) is 17.8. The number of rotatable bonds is 6. The Hall–Kier alpha value is -2.61. The number of para-hydroxylation sites is 1. The number of hydrogen-bond acceptors (Lipinski definition) is 4. The van der Waals surface area contributed by atoms with Gasteiger partial charge in [-0.25, -0.2) is 4.68 Å². The lowest BCUT2D eigenvalue weighted by Crippen LogP contribution is -2.28. The van der Waals surface area contributed by atoms with Crippen molar-refractivity contribution in [1.82, 2.24) is 24.5 Å². The summed E-state index contributed by atoms with van der Waals surface area (Å²) in [4.78, 5) is 14.1. The van der Waals surface area contributed by atoms with E-state index in [1.807, 2.05) is 37.4 Å². The molecule has 0 saturated heterocycles. The first-order valence-electron chi connectivity index (χ1n) is 7.67. The molecule has 2 heterocycles. The van der Waals surface area contributed by atoms with E-state index < -0.39 is 0 Å². The van der Waals surface area contributed by atoms with Gasteiger partial charge in [-0.15, -0.1) is 0 Å². The Bertz CT molecular complexity index is 840. The largest absolute Gasteiger partial charge is 0.471 e. The summed E-state index contributed by atoms with van der Waals surface area (Å²) in [6.45, 7) is 0.678. The fraction of sp³-hybridized carbons (Fsp3) is 0.235. The molecule has 1 aromatic carbocycles. The summed E-state index contributed by atoms with van der Waals surface area (Å²) in [5, 5.41) is 8.44. The molecule has 3 aromatic rings. The maximum Gasteiger partial charge on any atom is 0.274 e. The number of halogens is 1. The molecule has 0 fully saturated rings. The second-order valence-corrected chi connectivity index (χ2v) is 6.41. The Labute approximate surface area is 153 Å². The Kier molecular flexibility index (Phi) is 5.18. The number of benzene rings is 1. The number of amides is 1. The molecule has 0 atom stereocenters. The van der Waals surface area contributed by atoms with Gasteiger partial charge in [0.1, 0.15) is 5.75 Å². The van der Waals surface area contributed by atoms with Gasteiger partial charge in [0.2, 0.25) is 0 Å². The van der Waals surface area contributed by atoms with Crippen LogP contribution in [0.2, 0.25) is 0 Å². The lowest BCUT2D eigenvalue weighted by Gasteiger charge is -2.16. The zero-order valence-electron chi connectivity index (χ0n) is 14.0. The molecule has 0 radical (unpaired) electrons. The van der Waals surface area contributed by atoms with Gasteiger partial charge < -0.3 is 9.64 Å². The SMILES string of the molecule is CN(Cc1c(Br)cnn1C)C(=O)c1ccn(COc2ccccc2)n1. The summed E-state index contributed by atoms with van der Waals surface area (Å²) in [7, 11) is 3.58. The fourth-order valence-corrected chi connectivity index (χ4v) is 2.78. The van der Waals surface area contributed by atoms with Crippen LogP contribution < -0.4 is 4.74 Å². The second-order valence-electron chi connectivity index (χ2n) is 5.55. The molecule has 0 spiro atoms. The van der Waals surface area contributed by atoms with Crippen LogP contribution in [-0.4, -0.2) is 37.4 Å². The summed E-state index contributed by atoms with van der Waals surface area (Å²) >= 11 is 3.44. The minimum atomic E-state index is -0.161. The first-order valence-corrected chi connectivity index (χ1v) is 8.47. The number of carbonyl (C=O) groups excluding carboxylic acids is 1. The molecule has 0 aliphatic heterocycles. The van der Waals surface area contributed by atoms with E-state index in [4.69, 9.17) is 4.74 Å². The normalized spacial score (nSPS) is 10.7. The number of nitrogens with zero attached hydrogens (tertiary/aromatic N) is 5. The molecule has 130 valence electrons. The lowest BCUT2D eigenvalue weighted by molar-refractivity contribution is 0.0773. The van der Waals surface area contributed by atoms with E-state index in [9.17, 15) is 4.79 Å². The van der Waals surface area contributed by atoms with Crippen LogP contribution in [0.1, 0.15) is 16.2 Å². The molecular weight excluding hydrogens is 386 g/mol. The third-order valence-electron chi connectivity index (χ3n) is 3.71. The highest BCUT2D eigenvalue weighted by Crippen LogP contribution is 2.17. The molecule has 25 heavy (non-hydrogen) atoms. The van der Waals surface area contributed by atoms with Gasteiger partial charge in [0.25, 0.3) is 5.91 Å². The topological polar surface area (TPSA) is 65.2 Å². The van der Waals surface area contributed by atoms with E-state index in [1.54, 1.807) is 39.8 Å². The van der Waals surface area contributed by atoms with Gasteiger partial charge in [-0.2, -0.15) is 10.2 Å². The highest BCUT2D eigenvalue weighted by molar-refractivity contribution is 9.10. The van der Waals surface area contributed by atoms with Gasteiger partial charge in [0.05, 0.1) is 22.9 Å². The van der Waals surface area contributed by atoms with E-state index in [0.29, 0.717) is 12.2 Å². The minimum Gasteiger partial charge on any atom is -0.471 e. The minimum absolute atomic E-state index is 0.161. The van der Waals surface area contributed by atoms with Gasteiger partial charge in [0, 0.05) is 20.3 Å². The maximum atomic E-state index is 12.5. The Morgan fingerprint density at radius 2 is 2.04 bits per heavy atom. The van der Waals surface area contributed by atoms with Crippen LogP contribution in [-0.2, 0) is 20.3 Å². The maximum absolute atomic E-state index is 12.5. The summed E-state index contributed by atoms with van der Waals surface area (Å²) in [5.74, 6) is 0.593. The molecule has 3 rings (SSSR count). The van der Waals surface area contributed by atoms with Gasteiger partial charge in [-0.1, -0.05) is 18.2 Å². The van der Waals surface area contributed by atoms with Crippen molar-refractivity contribution in [2.45, 2.75) is 13.3 Å². The quantitative estimate of drug-likeness (QED) is 0.634. The molecule has 7 nitrogen and oxygen atoms in total. The van der Waals surface area contributed by atoms with Crippen molar-refractivity contribution in [3.05, 3.63) is 64.7 Å². The molecular formula is C17H18BrN5O2. The predicted octanol–water partition coefficient (Wildman–Crippen LogP) is 2.69. The van der Waals surface area contributed by atoms with E-state index in [2.05, 4.69) is 26.1 Å². The van der Waals surface area contributed by atoms with Crippen molar-refractivity contribution in [3.8, 4) is 5.75 Å².